The van der Waals surface area contributed by atoms with E-state index in [1.807, 2.05) is 0 Å². The van der Waals surface area contributed by atoms with Crippen molar-refractivity contribution in [2.75, 3.05) is 0 Å². The van der Waals surface area contributed by atoms with Crippen LogP contribution >= 0.6 is 0 Å². The molecule has 142 valence electrons. The van der Waals surface area contributed by atoms with Gasteiger partial charge in [0.15, 0.2) is 0 Å². The summed E-state index contributed by atoms with van der Waals surface area (Å²) < 4.78 is 47.7. The van der Waals surface area contributed by atoms with Gasteiger partial charge in [0, 0.05) is 22.4 Å². The molecule has 1 N–H and O–H groups in total. The summed E-state index contributed by atoms with van der Waals surface area (Å²) in [5, 5.41) is 10.3. The SMILES string of the molecule is N#Cc1c(-c2cccc(F)c2)c2c(CS(=O)(=O)O)cccc2c(=O)n1C1CC1. The quantitative estimate of drug-likeness (QED) is 0.679. The molecular formula is C20H15FN2O4S. The van der Waals surface area contributed by atoms with E-state index in [-0.39, 0.29) is 28.1 Å². The number of hydrogen-bond donors (Lipinski definition) is 1. The first kappa shape index (κ1) is 18.3. The maximum absolute atomic E-state index is 13.9. The minimum Gasteiger partial charge on any atom is -0.296 e. The fourth-order valence-corrected chi connectivity index (χ4v) is 4.21. The van der Waals surface area contributed by atoms with E-state index in [1.165, 1.54) is 34.9 Å². The van der Waals surface area contributed by atoms with Crippen LogP contribution < -0.4 is 5.56 Å². The van der Waals surface area contributed by atoms with E-state index >= 15 is 0 Å². The van der Waals surface area contributed by atoms with Gasteiger partial charge < -0.3 is 0 Å². The Morgan fingerprint density at radius 3 is 2.54 bits per heavy atom. The molecule has 0 amide bonds. The maximum Gasteiger partial charge on any atom is 0.269 e. The standard InChI is InChI=1S/C20H15FN2O4S/c21-14-5-1-3-12(9-14)19-17(10-22)23(15-7-8-15)20(24)16-6-2-4-13(18(16)19)11-28(25,26)27/h1-6,9,15H,7-8,11H2,(H,25,26,27). The number of benzene rings is 2. The number of aromatic nitrogens is 1. The monoisotopic (exact) mass is 398 g/mol. The van der Waals surface area contributed by atoms with Crippen LogP contribution in [-0.2, 0) is 15.9 Å². The highest BCUT2D eigenvalue weighted by Crippen LogP contribution is 2.40. The van der Waals surface area contributed by atoms with Crippen LogP contribution in [0.2, 0.25) is 0 Å². The van der Waals surface area contributed by atoms with Crippen molar-refractivity contribution in [2.24, 2.45) is 0 Å². The second kappa shape index (κ2) is 6.55. The van der Waals surface area contributed by atoms with Crippen molar-refractivity contribution in [1.29, 1.82) is 5.26 Å². The lowest BCUT2D eigenvalue weighted by Crippen LogP contribution is -2.23. The lowest BCUT2D eigenvalue weighted by Gasteiger charge is -2.17. The molecule has 4 rings (SSSR count). The van der Waals surface area contributed by atoms with Crippen molar-refractivity contribution in [1.82, 2.24) is 4.57 Å². The molecule has 0 atom stereocenters. The van der Waals surface area contributed by atoms with Crippen molar-refractivity contribution in [3.63, 3.8) is 0 Å². The summed E-state index contributed by atoms with van der Waals surface area (Å²) in [7, 11) is -4.39. The predicted molar refractivity (Wildman–Crippen MR) is 102 cm³/mol. The van der Waals surface area contributed by atoms with Gasteiger partial charge in [-0.05, 0) is 42.2 Å². The first-order valence-corrected chi connectivity index (χ1v) is 10.2. The van der Waals surface area contributed by atoms with Crippen LogP contribution in [0.15, 0.2) is 47.3 Å². The van der Waals surface area contributed by atoms with Gasteiger partial charge in [0.05, 0.1) is 0 Å². The summed E-state index contributed by atoms with van der Waals surface area (Å²) >= 11 is 0. The van der Waals surface area contributed by atoms with Crippen LogP contribution in [0, 0.1) is 17.1 Å². The summed E-state index contributed by atoms with van der Waals surface area (Å²) in [4.78, 5) is 13.1. The van der Waals surface area contributed by atoms with E-state index in [2.05, 4.69) is 6.07 Å². The van der Waals surface area contributed by atoms with E-state index in [0.717, 1.165) is 12.8 Å². The number of pyridine rings is 1. The Labute approximate surface area is 160 Å². The third kappa shape index (κ3) is 3.19. The first-order valence-electron chi connectivity index (χ1n) is 8.61. The van der Waals surface area contributed by atoms with Gasteiger partial charge in [-0.2, -0.15) is 13.7 Å². The number of rotatable bonds is 4. The molecule has 0 radical (unpaired) electrons. The van der Waals surface area contributed by atoms with Gasteiger partial charge in [0.25, 0.3) is 15.7 Å². The second-order valence-corrected chi connectivity index (χ2v) is 8.27. The molecule has 1 saturated carbocycles. The van der Waals surface area contributed by atoms with Gasteiger partial charge in [-0.15, -0.1) is 0 Å². The normalized spacial score (nSPS) is 14.2. The molecule has 28 heavy (non-hydrogen) atoms. The average molecular weight is 398 g/mol. The number of hydrogen-bond acceptors (Lipinski definition) is 4. The lowest BCUT2D eigenvalue weighted by atomic mass is 9.94. The summed E-state index contributed by atoms with van der Waals surface area (Å²) in [6, 6.07) is 12.1. The molecule has 6 nitrogen and oxygen atoms in total. The minimum atomic E-state index is -4.39. The molecule has 0 bridgehead atoms. The zero-order valence-corrected chi connectivity index (χ0v) is 15.4. The van der Waals surface area contributed by atoms with Gasteiger partial charge in [-0.3, -0.25) is 13.9 Å². The second-order valence-electron chi connectivity index (χ2n) is 6.82. The molecule has 1 aromatic heterocycles. The van der Waals surface area contributed by atoms with E-state index in [0.29, 0.717) is 11.1 Å². The lowest BCUT2D eigenvalue weighted by molar-refractivity contribution is 0.482. The van der Waals surface area contributed by atoms with Gasteiger partial charge >= 0.3 is 0 Å². The van der Waals surface area contributed by atoms with Crippen molar-refractivity contribution >= 4 is 20.9 Å². The van der Waals surface area contributed by atoms with E-state index in [4.69, 9.17) is 0 Å². The third-order valence-corrected chi connectivity index (χ3v) is 5.47. The maximum atomic E-state index is 13.9. The molecule has 2 aromatic carbocycles. The van der Waals surface area contributed by atoms with Crippen LogP contribution in [0.4, 0.5) is 4.39 Å². The summed E-state index contributed by atoms with van der Waals surface area (Å²) in [5.74, 6) is -1.24. The molecule has 0 spiro atoms. The number of halogens is 1. The molecular weight excluding hydrogens is 383 g/mol. The van der Waals surface area contributed by atoms with Crippen LogP contribution in [0.25, 0.3) is 21.9 Å². The Kier molecular flexibility index (Phi) is 4.29. The van der Waals surface area contributed by atoms with E-state index < -0.39 is 27.2 Å². The zero-order valence-electron chi connectivity index (χ0n) is 14.6. The fraction of sp³-hybridized carbons (Fsp3) is 0.200. The summed E-state index contributed by atoms with van der Waals surface area (Å²) in [6.07, 6.45) is 1.51. The molecule has 1 fully saturated rings. The Morgan fingerprint density at radius 2 is 1.93 bits per heavy atom. The Morgan fingerprint density at radius 1 is 1.21 bits per heavy atom. The highest BCUT2D eigenvalue weighted by atomic mass is 32.2. The molecule has 1 heterocycles. The molecule has 1 aliphatic carbocycles. The molecule has 3 aromatic rings. The highest BCUT2D eigenvalue weighted by Gasteiger charge is 2.31. The van der Waals surface area contributed by atoms with Crippen molar-refractivity contribution in [2.45, 2.75) is 24.6 Å². The van der Waals surface area contributed by atoms with Gasteiger partial charge in [0.1, 0.15) is 23.3 Å². The smallest absolute Gasteiger partial charge is 0.269 e. The Hall–Kier alpha value is -3.02. The average Bonchev–Trinajstić information content (AvgIpc) is 3.45. The van der Waals surface area contributed by atoms with Crippen molar-refractivity contribution in [3.05, 3.63) is 69.9 Å². The van der Waals surface area contributed by atoms with E-state index in [1.54, 1.807) is 12.1 Å². The van der Waals surface area contributed by atoms with Crippen LogP contribution in [0.5, 0.6) is 0 Å². The zero-order chi connectivity index (χ0) is 20.1. The number of nitrogens with zero attached hydrogens (tertiary/aromatic N) is 2. The number of nitriles is 1. The fourth-order valence-electron chi connectivity index (χ4n) is 3.58. The van der Waals surface area contributed by atoms with Crippen LogP contribution in [-0.4, -0.2) is 17.5 Å². The summed E-state index contributed by atoms with van der Waals surface area (Å²) in [6.45, 7) is 0. The summed E-state index contributed by atoms with van der Waals surface area (Å²) in [5.41, 5.74) is 0.497. The van der Waals surface area contributed by atoms with Gasteiger partial charge in [-0.1, -0.05) is 24.3 Å². The Balaban J connectivity index is 2.21. The van der Waals surface area contributed by atoms with Crippen LogP contribution in [0.3, 0.4) is 0 Å². The molecule has 1 aliphatic rings. The predicted octanol–water partition coefficient (Wildman–Crippen LogP) is 3.40. The Bertz CT molecular complexity index is 1320. The molecule has 0 aliphatic heterocycles. The molecule has 0 unspecified atom stereocenters. The first-order chi connectivity index (χ1) is 13.3. The topological polar surface area (TPSA) is 100 Å². The van der Waals surface area contributed by atoms with Gasteiger partial charge in [0.2, 0.25) is 0 Å². The van der Waals surface area contributed by atoms with Crippen molar-refractivity contribution < 1.29 is 17.4 Å². The number of fused-ring (bicyclic) bond motifs is 1. The third-order valence-electron chi connectivity index (χ3n) is 4.80. The van der Waals surface area contributed by atoms with Gasteiger partial charge in [-0.25, -0.2) is 4.39 Å². The highest BCUT2D eigenvalue weighted by molar-refractivity contribution is 7.85. The molecule has 8 heteroatoms. The van der Waals surface area contributed by atoms with E-state index in [9.17, 15) is 27.4 Å². The largest absolute Gasteiger partial charge is 0.296 e. The van der Waals surface area contributed by atoms with Crippen molar-refractivity contribution in [3.8, 4) is 17.2 Å². The minimum absolute atomic E-state index is 0.0633. The molecule has 0 saturated heterocycles. The van der Waals surface area contributed by atoms with Crippen LogP contribution in [0.1, 0.15) is 30.1 Å².